The minimum Gasteiger partial charge on any atom is -0.381 e. The van der Waals surface area contributed by atoms with Gasteiger partial charge in [-0.05, 0) is 26.2 Å². The summed E-state index contributed by atoms with van der Waals surface area (Å²) in [5, 5.41) is 3.92. The number of hydrogen-bond acceptors (Lipinski definition) is 4. The molecule has 0 N–H and O–H groups in total. The van der Waals surface area contributed by atoms with Gasteiger partial charge < -0.3 is 14.2 Å². The van der Waals surface area contributed by atoms with Gasteiger partial charge in [0.05, 0.1) is 6.61 Å². The minimum atomic E-state index is -0.0231. The van der Waals surface area contributed by atoms with Gasteiger partial charge in [0.2, 0.25) is 0 Å². The van der Waals surface area contributed by atoms with E-state index in [0.29, 0.717) is 24.1 Å². The molecule has 1 saturated heterocycles. The lowest BCUT2D eigenvalue weighted by Crippen LogP contribution is -2.35. The van der Waals surface area contributed by atoms with Crippen molar-refractivity contribution in [1.29, 1.82) is 0 Å². The molecule has 1 aliphatic heterocycles. The molecule has 0 aromatic carbocycles. The number of ether oxygens (including phenoxy) is 1. The van der Waals surface area contributed by atoms with Gasteiger partial charge in [-0.1, -0.05) is 5.16 Å². The molecule has 1 aromatic rings. The molecule has 2 aliphatic rings. The largest absolute Gasteiger partial charge is 0.381 e. The van der Waals surface area contributed by atoms with Gasteiger partial charge in [0.25, 0.3) is 5.91 Å². The highest BCUT2D eigenvalue weighted by Crippen LogP contribution is 2.40. The molecule has 5 heteroatoms. The van der Waals surface area contributed by atoms with Crippen LogP contribution in [0.2, 0.25) is 0 Å². The molecule has 0 spiro atoms. The zero-order chi connectivity index (χ0) is 13.2. The predicted molar refractivity (Wildman–Crippen MR) is 69.0 cm³/mol. The summed E-state index contributed by atoms with van der Waals surface area (Å²) in [5.41, 5.74) is 0.447. The van der Waals surface area contributed by atoms with Crippen LogP contribution in [-0.2, 0) is 4.74 Å². The van der Waals surface area contributed by atoms with Crippen molar-refractivity contribution in [2.75, 3.05) is 26.3 Å². The van der Waals surface area contributed by atoms with Crippen LogP contribution in [0.25, 0.3) is 0 Å². The minimum absolute atomic E-state index is 0.0231. The molecule has 1 amide bonds. The Balaban J connectivity index is 1.64. The number of nitrogens with zero attached hydrogens (tertiary/aromatic N) is 2. The van der Waals surface area contributed by atoms with Crippen LogP contribution in [0.4, 0.5) is 0 Å². The van der Waals surface area contributed by atoms with E-state index in [1.807, 2.05) is 17.9 Å². The lowest BCUT2D eigenvalue weighted by molar-refractivity contribution is 0.0720. The highest BCUT2D eigenvalue weighted by Gasteiger charge is 2.30. The Bertz CT molecular complexity index is 447. The zero-order valence-electron chi connectivity index (χ0n) is 11.3. The van der Waals surface area contributed by atoms with E-state index >= 15 is 0 Å². The molecule has 104 valence electrons. The van der Waals surface area contributed by atoms with Crippen molar-refractivity contribution in [3.8, 4) is 0 Å². The van der Waals surface area contributed by atoms with Gasteiger partial charge in [-0.25, -0.2) is 0 Å². The first kappa shape index (κ1) is 12.7. The number of carbonyl (C=O) groups is 1. The fraction of sp³-hybridized carbons (Fsp3) is 0.714. The summed E-state index contributed by atoms with van der Waals surface area (Å²) < 4.78 is 10.6. The zero-order valence-corrected chi connectivity index (χ0v) is 11.3. The molecule has 2 heterocycles. The molecule has 19 heavy (non-hydrogen) atoms. The van der Waals surface area contributed by atoms with Crippen LogP contribution >= 0.6 is 0 Å². The quantitative estimate of drug-likeness (QED) is 0.816. The SMILES string of the molecule is CCN(C[C@@H]1CCOC1)C(=O)c1cc(C2CC2)on1. The number of aromatic nitrogens is 1. The van der Waals surface area contributed by atoms with Gasteiger partial charge in [0.1, 0.15) is 5.76 Å². The van der Waals surface area contributed by atoms with E-state index in [1.54, 1.807) is 0 Å². The standard InChI is InChI=1S/C14H20N2O3/c1-2-16(8-10-5-6-18-9-10)14(17)12-7-13(19-15-12)11-3-4-11/h7,10-11H,2-6,8-9H2,1H3/t10-/m0/s1. The average Bonchev–Trinajstić information content (AvgIpc) is 2.95. The van der Waals surface area contributed by atoms with Crippen molar-refractivity contribution in [3.63, 3.8) is 0 Å². The Morgan fingerprint density at radius 2 is 2.32 bits per heavy atom. The molecule has 0 bridgehead atoms. The lowest BCUT2D eigenvalue weighted by atomic mass is 10.1. The summed E-state index contributed by atoms with van der Waals surface area (Å²) in [6.45, 7) is 5.01. The van der Waals surface area contributed by atoms with Crippen molar-refractivity contribution in [2.45, 2.75) is 32.1 Å². The molecule has 1 saturated carbocycles. The van der Waals surface area contributed by atoms with Gasteiger partial charge in [-0.2, -0.15) is 0 Å². The first-order valence-corrected chi connectivity index (χ1v) is 7.11. The summed E-state index contributed by atoms with van der Waals surface area (Å²) in [6.07, 6.45) is 3.34. The Morgan fingerprint density at radius 3 is 2.95 bits per heavy atom. The van der Waals surface area contributed by atoms with E-state index in [1.165, 1.54) is 0 Å². The van der Waals surface area contributed by atoms with Crippen LogP contribution in [-0.4, -0.2) is 42.3 Å². The number of rotatable bonds is 5. The maximum absolute atomic E-state index is 12.4. The third-order valence-electron chi connectivity index (χ3n) is 3.90. The molecular weight excluding hydrogens is 244 g/mol. The van der Waals surface area contributed by atoms with Gasteiger partial charge in [0, 0.05) is 37.6 Å². The van der Waals surface area contributed by atoms with Crippen molar-refractivity contribution in [3.05, 3.63) is 17.5 Å². The number of carbonyl (C=O) groups excluding carboxylic acids is 1. The fourth-order valence-electron chi connectivity index (χ4n) is 2.51. The van der Waals surface area contributed by atoms with Gasteiger partial charge in [0.15, 0.2) is 5.69 Å². The molecular formula is C14H20N2O3. The predicted octanol–water partition coefficient (Wildman–Crippen LogP) is 2.05. The van der Waals surface area contributed by atoms with Crippen LogP contribution in [0.15, 0.2) is 10.6 Å². The van der Waals surface area contributed by atoms with Gasteiger partial charge in [-0.15, -0.1) is 0 Å². The third-order valence-corrected chi connectivity index (χ3v) is 3.90. The second-order valence-electron chi connectivity index (χ2n) is 5.46. The second kappa shape index (κ2) is 5.33. The van der Waals surface area contributed by atoms with Crippen molar-refractivity contribution in [2.24, 2.45) is 5.92 Å². The van der Waals surface area contributed by atoms with E-state index < -0.39 is 0 Å². The van der Waals surface area contributed by atoms with Crippen LogP contribution in [0.5, 0.6) is 0 Å². The average molecular weight is 264 g/mol. The number of amides is 1. The lowest BCUT2D eigenvalue weighted by Gasteiger charge is -2.22. The van der Waals surface area contributed by atoms with E-state index in [2.05, 4.69) is 5.16 Å². The summed E-state index contributed by atoms with van der Waals surface area (Å²) in [6, 6.07) is 1.81. The molecule has 2 fully saturated rings. The van der Waals surface area contributed by atoms with Crippen LogP contribution in [0.3, 0.4) is 0 Å². The first-order valence-electron chi connectivity index (χ1n) is 7.11. The van der Waals surface area contributed by atoms with Crippen LogP contribution in [0, 0.1) is 5.92 Å². The molecule has 1 aromatic heterocycles. The monoisotopic (exact) mass is 264 g/mol. The summed E-state index contributed by atoms with van der Waals surface area (Å²) in [5.74, 6) is 1.79. The highest BCUT2D eigenvalue weighted by atomic mass is 16.5. The topological polar surface area (TPSA) is 55.6 Å². The molecule has 1 aliphatic carbocycles. The second-order valence-corrected chi connectivity index (χ2v) is 5.46. The van der Waals surface area contributed by atoms with Crippen molar-refractivity contribution in [1.82, 2.24) is 10.1 Å². The highest BCUT2D eigenvalue weighted by molar-refractivity contribution is 5.92. The van der Waals surface area contributed by atoms with Crippen molar-refractivity contribution < 1.29 is 14.1 Å². The maximum Gasteiger partial charge on any atom is 0.276 e. The Hall–Kier alpha value is -1.36. The fourth-order valence-corrected chi connectivity index (χ4v) is 2.51. The molecule has 0 unspecified atom stereocenters. The van der Waals surface area contributed by atoms with Crippen LogP contribution in [0.1, 0.15) is 48.4 Å². The third kappa shape index (κ3) is 2.81. The Labute approximate surface area is 112 Å². The first-order chi connectivity index (χ1) is 9.28. The molecule has 1 atom stereocenters. The Kier molecular flexibility index (Phi) is 3.55. The normalized spacial score (nSPS) is 22.7. The van der Waals surface area contributed by atoms with Gasteiger partial charge >= 0.3 is 0 Å². The summed E-state index contributed by atoms with van der Waals surface area (Å²) in [7, 11) is 0. The van der Waals surface area contributed by atoms with E-state index in [4.69, 9.17) is 9.26 Å². The molecule has 3 rings (SSSR count). The Morgan fingerprint density at radius 1 is 1.47 bits per heavy atom. The van der Waals surface area contributed by atoms with Crippen molar-refractivity contribution >= 4 is 5.91 Å². The van der Waals surface area contributed by atoms with E-state index in [9.17, 15) is 4.79 Å². The molecule has 5 nitrogen and oxygen atoms in total. The van der Waals surface area contributed by atoms with Crippen LogP contribution < -0.4 is 0 Å². The smallest absolute Gasteiger partial charge is 0.276 e. The van der Waals surface area contributed by atoms with E-state index in [0.717, 1.165) is 44.8 Å². The summed E-state index contributed by atoms with van der Waals surface area (Å²) in [4.78, 5) is 14.2. The number of hydrogen-bond donors (Lipinski definition) is 0. The molecule has 0 radical (unpaired) electrons. The summed E-state index contributed by atoms with van der Waals surface area (Å²) >= 11 is 0. The van der Waals surface area contributed by atoms with E-state index in [-0.39, 0.29) is 5.91 Å². The van der Waals surface area contributed by atoms with Gasteiger partial charge in [-0.3, -0.25) is 4.79 Å². The maximum atomic E-state index is 12.4.